The van der Waals surface area contributed by atoms with Gasteiger partial charge in [-0.05, 0) is 42.3 Å². The molecule has 0 atom stereocenters. The van der Waals surface area contributed by atoms with Gasteiger partial charge in [0, 0.05) is 30.9 Å². The van der Waals surface area contributed by atoms with E-state index in [4.69, 9.17) is 0 Å². The van der Waals surface area contributed by atoms with Crippen LogP contribution in [0.5, 0.6) is 0 Å². The second-order valence-electron chi connectivity index (χ2n) is 5.68. The number of anilines is 2. The minimum absolute atomic E-state index is 0.0133. The first-order valence-corrected chi connectivity index (χ1v) is 7.74. The Morgan fingerprint density at radius 2 is 1.79 bits per heavy atom. The number of carbonyl (C=O) groups is 1. The van der Waals surface area contributed by atoms with Crippen molar-refractivity contribution >= 4 is 17.3 Å². The maximum Gasteiger partial charge on any atom is 0.416 e. The molecular formula is C18H17F3N2O. The number of alkyl halides is 3. The van der Waals surface area contributed by atoms with E-state index in [1.807, 2.05) is 24.3 Å². The molecule has 2 aromatic carbocycles. The van der Waals surface area contributed by atoms with E-state index in [1.165, 1.54) is 17.7 Å². The zero-order valence-corrected chi connectivity index (χ0v) is 12.9. The lowest BCUT2D eigenvalue weighted by molar-refractivity contribution is -0.137. The SMILES string of the molecule is O=C(CCNc1ccc(C(F)(F)F)cc1)N1CCc2ccccc21. The van der Waals surface area contributed by atoms with Crippen LogP contribution >= 0.6 is 0 Å². The molecule has 1 N–H and O–H groups in total. The average Bonchev–Trinajstić information content (AvgIpc) is 2.98. The van der Waals surface area contributed by atoms with Gasteiger partial charge in [-0.2, -0.15) is 13.2 Å². The maximum absolute atomic E-state index is 12.5. The van der Waals surface area contributed by atoms with Crippen molar-refractivity contribution in [2.24, 2.45) is 0 Å². The highest BCUT2D eigenvalue weighted by atomic mass is 19.4. The molecule has 0 radical (unpaired) electrons. The predicted octanol–water partition coefficient (Wildman–Crippen LogP) is 4.10. The van der Waals surface area contributed by atoms with E-state index in [-0.39, 0.29) is 12.3 Å². The summed E-state index contributed by atoms with van der Waals surface area (Å²) in [6.07, 6.45) is -3.19. The van der Waals surface area contributed by atoms with Crippen molar-refractivity contribution < 1.29 is 18.0 Å². The molecule has 2 aromatic rings. The van der Waals surface area contributed by atoms with Crippen LogP contribution in [0, 0.1) is 0 Å². The summed E-state index contributed by atoms with van der Waals surface area (Å²) in [5.41, 5.74) is 2.01. The Balaban J connectivity index is 1.53. The fourth-order valence-corrected chi connectivity index (χ4v) is 2.82. The lowest BCUT2D eigenvalue weighted by atomic mass is 10.2. The van der Waals surface area contributed by atoms with Crippen molar-refractivity contribution in [2.45, 2.75) is 19.0 Å². The maximum atomic E-state index is 12.5. The molecule has 0 aliphatic carbocycles. The highest BCUT2D eigenvalue weighted by molar-refractivity contribution is 5.95. The predicted molar refractivity (Wildman–Crippen MR) is 87.0 cm³/mol. The molecule has 0 spiro atoms. The van der Waals surface area contributed by atoms with Crippen LogP contribution in [0.4, 0.5) is 24.5 Å². The fourth-order valence-electron chi connectivity index (χ4n) is 2.82. The molecule has 1 heterocycles. The third-order valence-corrected chi connectivity index (χ3v) is 4.07. The molecule has 1 aliphatic rings. The van der Waals surface area contributed by atoms with Crippen molar-refractivity contribution in [3.05, 3.63) is 59.7 Å². The minimum atomic E-state index is -4.34. The summed E-state index contributed by atoms with van der Waals surface area (Å²) < 4.78 is 37.5. The summed E-state index contributed by atoms with van der Waals surface area (Å²) in [6, 6.07) is 12.6. The van der Waals surface area contributed by atoms with E-state index < -0.39 is 11.7 Å². The summed E-state index contributed by atoms with van der Waals surface area (Å²) in [6.45, 7) is 1.06. The van der Waals surface area contributed by atoms with Gasteiger partial charge in [-0.1, -0.05) is 18.2 Å². The smallest absolute Gasteiger partial charge is 0.385 e. The van der Waals surface area contributed by atoms with Gasteiger partial charge in [0.25, 0.3) is 0 Å². The van der Waals surface area contributed by atoms with Crippen molar-refractivity contribution in [1.29, 1.82) is 0 Å². The van der Waals surface area contributed by atoms with Crippen molar-refractivity contribution in [1.82, 2.24) is 0 Å². The number of nitrogens with one attached hydrogen (secondary N) is 1. The average molecular weight is 334 g/mol. The number of hydrogen-bond donors (Lipinski definition) is 1. The molecule has 1 aliphatic heterocycles. The van der Waals surface area contributed by atoms with Crippen LogP contribution in [0.1, 0.15) is 17.5 Å². The molecule has 0 bridgehead atoms. The third kappa shape index (κ3) is 3.53. The number of halogens is 3. The normalized spacial score (nSPS) is 13.7. The number of benzene rings is 2. The number of fused-ring (bicyclic) bond motifs is 1. The molecule has 24 heavy (non-hydrogen) atoms. The molecule has 0 saturated heterocycles. The van der Waals surface area contributed by atoms with Crippen LogP contribution in [0.25, 0.3) is 0 Å². The van der Waals surface area contributed by atoms with Crippen LogP contribution in [0.2, 0.25) is 0 Å². The highest BCUT2D eigenvalue weighted by Crippen LogP contribution is 2.30. The first-order chi connectivity index (χ1) is 11.4. The van der Waals surface area contributed by atoms with Gasteiger partial charge >= 0.3 is 6.18 Å². The molecule has 0 aromatic heterocycles. The number of rotatable bonds is 4. The summed E-state index contributed by atoms with van der Waals surface area (Å²) in [7, 11) is 0. The molecular weight excluding hydrogens is 317 g/mol. The van der Waals surface area contributed by atoms with Gasteiger partial charge in [0.2, 0.25) is 5.91 Å². The Kier molecular flexibility index (Phi) is 4.46. The van der Waals surface area contributed by atoms with Gasteiger partial charge in [-0.3, -0.25) is 4.79 Å². The molecule has 6 heteroatoms. The van der Waals surface area contributed by atoms with Crippen molar-refractivity contribution in [3.8, 4) is 0 Å². The first kappa shape index (κ1) is 16.4. The van der Waals surface area contributed by atoms with E-state index in [1.54, 1.807) is 4.90 Å². The number of amides is 1. The molecule has 0 saturated carbocycles. The summed E-state index contributed by atoms with van der Waals surface area (Å²) >= 11 is 0. The van der Waals surface area contributed by atoms with Gasteiger partial charge in [-0.15, -0.1) is 0 Å². The molecule has 1 amide bonds. The zero-order chi connectivity index (χ0) is 17.2. The van der Waals surface area contributed by atoms with Crippen molar-refractivity contribution in [2.75, 3.05) is 23.3 Å². The number of carbonyl (C=O) groups excluding carboxylic acids is 1. The Bertz CT molecular complexity index is 726. The Morgan fingerprint density at radius 3 is 2.50 bits per heavy atom. The van der Waals surface area contributed by atoms with Crippen molar-refractivity contribution in [3.63, 3.8) is 0 Å². The fraction of sp³-hybridized carbons (Fsp3) is 0.278. The topological polar surface area (TPSA) is 32.3 Å². The first-order valence-electron chi connectivity index (χ1n) is 7.74. The quantitative estimate of drug-likeness (QED) is 0.913. The van der Waals surface area contributed by atoms with E-state index in [9.17, 15) is 18.0 Å². The van der Waals surface area contributed by atoms with Crippen LogP contribution < -0.4 is 10.2 Å². The lowest BCUT2D eigenvalue weighted by Gasteiger charge is -2.17. The van der Waals surface area contributed by atoms with Gasteiger partial charge < -0.3 is 10.2 Å². The Morgan fingerprint density at radius 1 is 1.08 bits per heavy atom. The number of nitrogens with zero attached hydrogens (tertiary/aromatic N) is 1. The molecule has 126 valence electrons. The standard InChI is InChI=1S/C18H17F3N2O/c19-18(20,21)14-5-7-15(8-6-14)22-11-9-17(24)23-12-10-13-3-1-2-4-16(13)23/h1-8,22H,9-12H2. The monoisotopic (exact) mass is 334 g/mol. The van der Waals surface area contributed by atoms with Gasteiger partial charge in [0.15, 0.2) is 0 Å². The summed E-state index contributed by atoms with van der Waals surface area (Å²) in [5.74, 6) is 0.0133. The van der Waals surface area contributed by atoms with Crippen LogP contribution in [-0.2, 0) is 17.4 Å². The largest absolute Gasteiger partial charge is 0.416 e. The van der Waals surface area contributed by atoms with E-state index in [2.05, 4.69) is 5.32 Å². The number of hydrogen-bond acceptors (Lipinski definition) is 2. The Hall–Kier alpha value is -2.50. The highest BCUT2D eigenvalue weighted by Gasteiger charge is 2.30. The number of para-hydroxylation sites is 1. The van der Waals surface area contributed by atoms with Crippen LogP contribution in [0.3, 0.4) is 0 Å². The van der Waals surface area contributed by atoms with Gasteiger partial charge in [0.05, 0.1) is 5.56 Å². The van der Waals surface area contributed by atoms with Gasteiger partial charge in [0.1, 0.15) is 0 Å². The Labute approximate surface area is 138 Å². The second-order valence-corrected chi connectivity index (χ2v) is 5.68. The minimum Gasteiger partial charge on any atom is -0.385 e. The van der Waals surface area contributed by atoms with E-state index in [0.717, 1.165) is 24.2 Å². The zero-order valence-electron chi connectivity index (χ0n) is 12.9. The summed E-state index contributed by atoms with van der Waals surface area (Å²) in [5, 5.41) is 2.99. The third-order valence-electron chi connectivity index (χ3n) is 4.07. The van der Waals surface area contributed by atoms with E-state index >= 15 is 0 Å². The van der Waals surface area contributed by atoms with Crippen LogP contribution in [-0.4, -0.2) is 19.0 Å². The molecule has 3 nitrogen and oxygen atoms in total. The second kappa shape index (κ2) is 6.55. The van der Waals surface area contributed by atoms with E-state index in [0.29, 0.717) is 18.8 Å². The van der Waals surface area contributed by atoms with Gasteiger partial charge in [-0.25, -0.2) is 0 Å². The molecule has 0 fully saturated rings. The molecule has 0 unspecified atom stereocenters. The van der Waals surface area contributed by atoms with Crippen LogP contribution in [0.15, 0.2) is 48.5 Å². The summed E-state index contributed by atoms with van der Waals surface area (Å²) in [4.78, 5) is 14.1. The lowest BCUT2D eigenvalue weighted by Crippen LogP contribution is -2.30. The molecule has 3 rings (SSSR count).